The number of hydrogen-bond acceptors (Lipinski definition) is 4. The molecule has 1 aromatic carbocycles. The SMILES string of the molecule is OC1CCC(CNCC(O)COc2cccc(Br)c2)CC1. The van der Waals surface area contributed by atoms with Gasteiger partial charge in [0.1, 0.15) is 18.5 Å². The van der Waals surface area contributed by atoms with E-state index in [9.17, 15) is 10.2 Å². The molecule has 4 nitrogen and oxygen atoms in total. The van der Waals surface area contributed by atoms with Gasteiger partial charge in [-0.3, -0.25) is 0 Å². The molecule has 0 bridgehead atoms. The van der Waals surface area contributed by atoms with Crippen molar-refractivity contribution < 1.29 is 14.9 Å². The van der Waals surface area contributed by atoms with Crippen molar-refractivity contribution in [2.24, 2.45) is 5.92 Å². The Kier molecular flexibility index (Phi) is 6.96. The molecule has 0 heterocycles. The maximum Gasteiger partial charge on any atom is 0.120 e. The van der Waals surface area contributed by atoms with Crippen LogP contribution in [0.25, 0.3) is 0 Å². The van der Waals surface area contributed by atoms with Crippen molar-refractivity contribution in [1.29, 1.82) is 0 Å². The summed E-state index contributed by atoms with van der Waals surface area (Å²) in [5.41, 5.74) is 0. The molecule has 0 aliphatic heterocycles. The first-order chi connectivity index (χ1) is 10.1. The quantitative estimate of drug-likeness (QED) is 0.700. The summed E-state index contributed by atoms with van der Waals surface area (Å²) < 4.78 is 6.52. The Balaban J connectivity index is 1.58. The highest BCUT2D eigenvalue weighted by molar-refractivity contribution is 9.10. The number of aliphatic hydroxyl groups is 2. The van der Waals surface area contributed by atoms with Crippen LogP contribution in [0.2, 0.25) is 0 Å². The van der Waals surface area contributed by atoms with E-state index < -0.39 is 6.10 Å². The van der Waals surface area contributed by atoms with Gasteiger partial charge in [0.05, 0.1) is 6.10 Å². The summed E-state index contributed by atoms with van der Waals surface area (Å²) >= 11 is 3.39. The normalized spacial score (nSPS) is 23.8. The van der Waals surface area contributed by atoms with Crippen molar-refractivity contribution in [2.75, 3.05) is 19.7 Å². The molecule has 21 heavy (non-hydrogen) atoms. The van der Waals surface area contributed by atoms with Crippen molar-refractivity contribution in [2.45, 2.75) is 37.9 Å². The van der Waals surface area contributed by atoms with Gasteiger partial charge < -0.3 is 20.3 Å². The van der Waals surface area contributed by atoms with Crippen LogP contribution in [0.5, 0.6) is 5.75 Å². The van der Waals surface area contributed by atoms with Gasteiger partial charge in [-0.1, -0.05) is 22.0 Å². The summed E-state index contributed by atoms with van der Waals surface area (Å²) in [6, 6.07) is 7.60. The Labute approximate surface area is 134 Å². The molecule has 0 radical (unpaired) electrons. The summed E-state index contributed by atoms with van der Waals surface area (Å²) in [6.45, 7) is 1.72. The highest BCUT2D eigenvalue weighted by Crippen LogP contribution is 2.23. The fourth-order valence-corrected chi connectivity index (χ4v) is 2.99. The highest BCUT2D eigenvalue weighted by Gasteiger charge is 2.19. The van der Waals surface area contributed by atoms with Crippen LogP contribution in [-0.2, 0) is 0 Å². The first kappa shape index (κ1) is 16.7. The standard InChI is InChI=1S/C16H24BrNO3/c17-13-2-1-3-16(8-13)21-11-15(20)10-18-9-12-4-6-14(19)7-5-12/h1-3,8,12,14-15,18-20H,4-7,9-11H2. The lowest BCUT2D eigenvalue weighted by Crippen LogP contribution is -2.35. The van der Waals surface area contributed by atoms with Gasteiger partial charge in [-0.25, -0.2) is 0 Å². The fourth-order valence-electron chi connectivity index (χ4n) is 2.61. The third kappa shape index (κ3) is 6.34. The van der Waals surface area contributed by atoms with Crippen LogP contribution < -0.4 is 10.1 Å². The molecule has 1 fully saturated rings. The zero-order valence-corrected chi connectivity index (χ0v) is 13.8. The number of aliphatic hydroxyl groups excluding tert-OH is 2. The molecule has 1 unspecified atom stereocenters. The van der Waals surface area contributed by atoms with Gasteiger partial charge in [-0.2, -0.15) is 0 Å². The summed E-state index contributed by atoms with van der Waals surface area (Å²) in [7, 11) is 0. The molecular weight excluding hydrogens is 334 g/mol. The van der Waals surface area contributed by atoms with Crippen LogP contribution in [0, 0.1) is 5.92 Å². The van der Waals surface area contributed by atoms with Crippen LogP contribution in [0.3, 0.4) is 0 Å². The smallest absolute Gasteiger partial charge is 0.120 e. The fraction of sp³-hybridized carbons (Fsp3) is 0.625. The topological polar surface area (TPSA) is 61.7 Å². The zero-order valence-electron chi connectivity index (χ0n) is 12.2. The number of benzene rings is 1. The summed E-state index contributed by atoms with van der Waals surface area (Å²) in [5.74, 6) is 1.37. The summed E-state index contributed by atoms with van der Waals surface area (Å²) in [6.07, 6.45) is 3.32. The molecule has 0 saturated heterocycles. The van der Waals surface area contributed by atoms with E-state index in [1.165, 1.54) is 0 Å². The first-order valence-electron chi connectivity index (χ1n) is 7.58. The van der Waals surface area contributed by atoms with Gasteiger partial charge in [0.25, 0.3) is 0 Å². The molecule has 2 rings (SSSR count). The minimum absolute atomic E-state index is 0.106. The Bertz CT molecular complexity index is 422. The molecule has 0 spiro atoms. The van der Waals surface area contributed by atoms with Crippen LogP contribution in [0.4, 0.5) is 0 Å². The second-order valence-electron chi connectivity index (χ2n) is 5.75. The van der Waals surface area contributed by atoms with Crippen molar-refractivity contribution in [3.05, 3.63) is 28.7 Å². The molecule has 118 valence electrons. The molecular formula is C16H24BrNO3. The summed E-state index contributed by atoms with van der Waals surface area (Å²) in [5, 5.41) is 22.7. The average molecular weight is 358 g/mol. The Morgan fingerprint density at radius 1 is 1.29 bits per heavy atom. The number of halogens is 1. The van der Waals surface area contributed by atoms with E-state index in [1.54, 1.807) is 0 Å². The van der Waals surface area contributed by atoms with E-state index in [0.717, 1.165) is 42.5 Å². The summed E-state index contributed by atoms with van der Waals surface area (Å²) in [4.78, 5) is 0. The van der Waals surface area contributed by atoms with E-state index in [0.29, 0.717) is 12.5 Å². The largest absolute Gasteiger partial charge is 0.491 e. The average Bonchev–Trinajstić information content (AvgIpc) is 2.47. The number of nitrogens with one attached hydrogen (secondary N) is 1. The lowest BCUT2D eigenvalue weighted by molar-refractivity contribution is 0.0953. The molecule has 0 aromatic heterocycles. The molecule has 0 amide bonds. The molecule has 5 heteroatoms. The Hall–Kier alpha value is -0.620. The highest BCUT2D eigenvalue weighted by atomic mass is 79.9. The van der Waals surface area contributed by atoms with Crippen LogP contribution in [-0.4, -0.2) is 42.1 Å². The van der Waals surface area contributed by atoms with Gasteiger partial charge >= 0.3 is 0 Å². The van der Waals surface area contributed by atoms with Crippen molar-refractivity contribution in [3.8, 4) is 5.75 Å². The monoisotopic (exact) mass is 357 g/mol. The second-order valence-corrected chi connectivity index (χ2v) is 6.67. The molecule has 1 aliphatic carbocycles. The van der Waals surface area contributed by atoms with Gasteiger partial charge in [0.2, 0.25) is 0 Å². The number of rotatable bonds is 7. The van der Waals surface area contributed by atoms with Crippen LogP contribution in [0.1, 0.15) is 25.7 Å². The Morgan fingerprint density at radius 3 is 2.76 bits per heavy atom. The van der Waals surface area contributed by atoms with Gasteiger partial charge in [-0.15, -0.1) is 0 Å². The zero-order chi connectivity index (χ0) is 15.1. The minimum atomic E-state index is -0.516. The van der Waals surface area contributed by atoms with E-state index in [2.05, 4.69) is 21.2 Å². The van der Waals surface area contributed by atoms with Crippen LogP contribution in [0.15, 0.2) is 28.7 Å². The lowest BCUT2D eigenvalue weighted by Gasteiger charge is -2.26. The Morgan fingerprint density at radius 2 is 2.05 bits per heavy atom. The number of ether oxygens (including phenoxy) is 1. The third-order valence-corrected chi connectivity index (χ3v) is 4.36. The van der Waals surface area contributed by atoms with Crippen molar-refractivity contribution in [3.63, 3.8) is 0 Å². The predicted octanol–water partition coefficient (Wildman–Crippen LogP) is 2.33. The third-order valence-electron chi connectivity index (χ3n) is 3.87. The van der Waals surface area contributed by atoms with Crippen LogP contribution >= 0.6 is 15.9 Å². The van der Waals surface area contributed by atoms with Gasteiger partial charge in [-0.05, 0) is 56.3 Å². The lowest BCUT2D eigenvalue weighted by atomic mass is 9.87. The van der Waals surface area contributed by atoms with Gasteiger partial charge in [0.15, 0.2) is 0 Å². The van der Waals surface area contributed by atoms with E-state index in [4.69, 9.17) is 4.74 Å². The van der Waals surface area contributed by atoms with E-state index >= 15 is 0 Å². The predicted molar refractivity (Wildman–Crippen MR) is 86.5 cm³/mol. The second kappa shape index (κ2) is 8.73. The molecule has 3 N–H and O–H groups in total. The van der Waals surface area contributed by atoms with E-state index in [-0.39, 0.29) is 12.7 Å². The maximum atomic E-state index is 9.91. The maximum absolute atomic E-state index is 9.91. The first-order valence-corrected chi connectivity index (χ1v) is 8.38. The molecule has 1 saturated carbocycles. The molecule has 1 aromatic rings. The molecule has 1 aliphatic rings. The van der Waals surface area contributed by atoms with Gasteiger partial charge in [0, 0.05) is 11.0 Å². The van der Waals surface area contributed by atoms with Crippen molar-refractivity contribution in [1.82, 2.24) is 5.32 Å². The number of hydrogen-bond donors (Lipinski definition) is 3. The van der Waals surface area contributed by atoms with Crippen molar-refractivity contribution >= 4 is 15.9 Å². The molecule has 1 atom stereocenters. The van der Waals surface area contributed by atoms with E-state index in [1.807, 2.05) is 24.3 Å². The minimum Gasteiger partial charge on any atom is -0.491 e.